The smallest absolute Gasteiger partial charge is 0.0953 e. The van der Waals surface area contributed by atoms with E-state index in [1.807, 2.05) is 0 Å². The lowest BCUT2D eigenvalue weighted by molar-refractivity contribution is 0.893. The summed E-state index contributed by atoms with van der Waals surface area (Å²) in [4.78, 5) is 0. The van der Waals surface area contributed by atoms with Crippen molar-refractivity contribution in [3.63, 3.8) is 0 Å². The van der Waals surface area contributed by atoms with Crippen molar-refractivity contribution < 1.29 is 0 Å². The minimum Gasteiger partial charge on any atom is -0.0953 e. The molecule has 42 valence electrons. The van der Waals surface area contributed by atoms with Crippen molar-refractivity contribution >= 4 is 15.1 Å². The third-order valence-electron chi connectivity index (χ3n) is 2.59. The molecule has 2 aliphatic rings. The van der Waals surface area contributed by atoms with Crippen LogP contribution in [0.1, 0.15) is 13.3 Å². The van der Waals surface area contributed by atoms with E-state index in [0.29, 0.717) is 0 Å². The van der Waals surface area contributed by atoms with Crippen LogP contribution in [0.25, 0.3) is 0 Å². The fourth-order valence-electron chi connectivity index (χ4n) is 1.81. The van der Waals surface area contributed by atoms with Crippen LogP contribution < -0.4 is 0 Å². The molecule has 2 aliphatic carbocycles. The molecule has 0 nitrogen and oxygen atoms in total. The third-order valence-corrected chi connectivity index (χ3v) is 2.59. The molecule has 8 heavy (non-hydrogen) atoms. The van der Waals surface area contributed by atoms with Gasteiger partial charge in [0.2, 0.25) is 0 Å². The van der Waals surface area contributed by atoms with Crippen molar-refractivity contribution in [3.05, 3.63) is 0 Å². The zero-order valence-corrected chi connectivity index (χ0v) is 5.72. The van der Waals surface area contributed by atoms with Gasteiger partial charge in [0.1, 0.15) is 7.28 Å². The summed E-state index contributed by atoms with van der Waals surface area (Å²) in [6.07, 6.45) is 1.58. The molecule has 0 bridgehead atoms. The van der Waals surface area contributed by atoms with E-state index in [-0.39, 0.29) is 0 Å². The average Bonchev–Trinajstić information content (AvgIpc) is 2.41. The van der Waals surface area contributed by atoms with Gasteiger partial charge in [-0.15, -0.1) is 0 Å². The van der Waals surface area contributed by atoms with E-state index in [0.717, 1.165) is 5.72 Å². The van der Waals surface area contributed by atoms with Crippen LogP contribution in [-0.2, 0) is 0 Å². The Labute approximate surface area is 52.7 Å². The van der Waals surface area contributed by atoms with Crippen molar-refractivity contribution in [3.8, 4) is 0 Å². The largest absolute Gasteiger partial charge is 0.119 e. The molecule has 0 radical (unpaired) electrons. The van der Waals surface area contributed by atoms with Gasteiger partial charge in [-0.25, -0.2) is 0 Å². The monoisotopic (exact) mass is 106 g/mol. The maximum atomic E-state index is 2.33. The molecule has 2 rings (SSSR count). The van der Waals surface area contributed by atoms with Crippen molar-refractivity contribution in [1.82, 2.24) is 0 Å². The molecule has 2 saturated carbocycles. The highest BCUT2D eigenvalue weighted by atomic mass is 14.6. The van der Waals surface area contributed by atoms with Crippen LogP contribution in [0, 0.1) is 11.8 Å². The summed E-state index contributed by atoms with van der Waals surface area (Å²) < 4.78 is 0. The van der Waals surface area contributed by atoms with E-state index in [4.69, 9.17) is 0 Å². The van der Waals surface area contributed by atoms with Gasteiger partial charge in [0, 0.05) is 0 Å². The fourth-order valence-corrected chi connectivity index (χ4v) is 1.81. The number of hydrogen-bond acceptors (Lipinski definition) is 0. The SMILES string of the molecule is BC(C)BC1C2CC12. The van der Waals surface area contributed by atoms with Gasteiger partial charge < -0.3 is 0 Å². The predicted molar refractivity (Wildman–Crippen MR) is 40.5 cm³/mol. The Morgan fingerprint density at radius 3 is 2.38 bits per heavy atom. The van der Waals surface area contributed by atoms with Gasteiger partial charge in [0.05, 0.1) is 7.85 Å². The van der Waals surface area contributed by atoms with Crippen molar-refractivity contribution in [2.45, 2.75) is 24.9 Å². The first-order chi connectivity index (χ1) is 3.79. The van der Waals surface area contributed by atoms with Crippen LogP contribution in [0.15, 0.2) is 0 Å². The highest BCUT2D eigenvalue weighted by Gasteiger charge is 2.63. The van der Waals surface area contributed by atoms with E-state index in [9.17, 15) is 0 Å². The second-order valence-electron chi connectivity index (χ2n) is 3.86. The summed E-state index contributed by atoms with van der Waals surface area (Å²) in [7, 11) is 3.84. The highest BCUT2D eigenvalue weighted by Crippen LogP contribution is 2.72. The maximum absolute atomic E-state index is 2.33. The van der Waals surface area contributed by atoms with Crippen LogP contribution in [0.2, 0.25) is 11.5 Å². The van der Waals surface area contributed by atoms with E-state index in [1.54, 1.807) is 6.42 Å². The molecule has 3 atom stereocenters. The van der Waals surface area contributed by atoms with Crippen LogP contribution in [0.5, 0.6) is 0 Å². The molecule has 0 amide bonds. The molecule has 0 saturated heterocycles. The zero-order chi connectivity index (χ0) is 5.72. The number of hydrogen-bond donors (Lipinski definition) is 0. The molecule has 0 spiro atoms. The Bertz CT molecular complexity index is 103. The predicted octanol–water partition coefficient (Wildman–Crippen LogP) is 0.260. The maximum Gasteiger partial charge on any atom is 0.119 e. The van der Waals surface area contributed by atoms with Gasteiger partial charge in [-0.05, 0) is 18.3 Å². The fraction of sp³-hybridized carbons (Fsp3) is 1.00. The molecule has 0 aromatic carbocycles. The third kappa shape index (κ3) is 0.620. The summed E-state index contributed by atoms with van der Waals surface area (Å²) in [6, 6.07) is 0. The summed E-state index contributed by atoms with van der Waals surface area (Å²) in [5.41, 5.74) is 0.952. The lowest BCUT2D eigenvalue weighted by atomic mass is 9.50. The molecule has 2 fully saturated rings. The summed E-state index contributed by atoms with van der Waals surface area (Å²) in [5, 5.41) is 0. The van der Waals surface area contributed by atoms with Gasteiger partial charge in [-0.2, -0.15) is 0 Å². The minimum atomic E-state index is 0.952. The Kier molecular flexibility index (Phi) is 0.832. The van der Waals surface area contributed by atoms with Gasteiger partial charge in [-0.1, -0.05) is 18.5 Å². The van der Waals surface area contributed by atoms with Crippen LogP contribution in [0.3, 0.4) is 0 Å². The van der Waals surface area contributed by atoms with Gasteiger partial charge in [0.15, 0.2) is 0 Å². The van der Waals surface area contributed by atoms with Crippen molar-refractivity contribution in [2.75, 3.05) is 0 Å². The first-order valence-corrected chi connectivity index (χ1v) is 3.79. The molecule has 0 heterocycles. The van der Waals surface area contributed by atoms with Crippen LogP contribution in [0.4, 0.5) is 0 Å². The highest BCUT2D eigenvalue weighted by molar-refractivity contribution is 6.52. The number of rotatable bonds is 2. The Balaban J connectivity index is 1.71. The lowest BCUT2D eigenvalue weighted by Crippen LogP contribution is -2.02. The number of fused-ring (bicyclic) bond motifs is 1. The lowest BCUT2D eigenvalue weighted by Gasteiger charge is -2.02. The molecule has 0 aliphatic heterocycles. The second-order valence-corrected chi connectivity index (χ2v) is 3.86. The van der Waals surface area contributed by atoms with Crippen LogP contribution in [-0.4, -0.2) is 15.1 Å². The average molecular weight is 106 g/mol. The molecule has 0 aromatic rings. The molecule has 0 aromatic heterocycles. The Hall–Kier alpha value is 0.130. The molecule has 2 heteroatoms. The first kappa shape index (κ1) is 4.96. The molecular formula is C6H12B2. The standard InChI is InChI=1S/C6H12B2/c1-3(7)8-6-4-2-5(4)6/h3-6,8H,2,7H2,1H3. The summed E-state index contributed by atoms with van der Waals surface area (Å²) in [5.74, 6) is 3.63. The molecular weight excluding hydrogens is 93.7 g/mol. The zero-order valence-electron chi connectivity index (χ0n) is 5.72. The molecule has 0 N–H and O–H groups in total. The van der Waals surface area contributed by atoms with Gasteiger partial charge in [-0.3, -0.25) is 0 Å². The minimum absolute atomic E-state index is 0.952. The first-order valence-electron chi connectivity index (χ1n) is 3.79. The van der Waals surface area contributed by atoms with Gasteiger partial charge in [0.25, 0.3) is 0 Å². The summed E-state index contributed by atoms with van der Waals surface area (Å²) >= 11 is 0. The van der Waals surface area contributed by atoms with E-state index in [2.05, 4.69) is 14.8 Å². The normalized spacial score (nSPS) is 51.9. The van der Waals surface area contributed by atoms with Crippen LogP contribution >= 0.6 is 0 Å². The van der Waals surface area contributed by atoms with E-state index in [1.165, 1.54) is 24.9 Å². The second kappa shape index (κ2) is 1.34. The topological polar surface area (TPSA) is 0 Å². The van der Waals surface area contributed by atoms with Crippen molar-refractivity contribution in [1.29, 1.82) is 0 Å². The van der Waals surface area contributed by atoms with Gasteiger partial charge >= 0.3 is 0 Å². The van der Waals surface area contributed by atoms with E-state index < -0.39 is 0 Å². The Morgan fingerprint density at radius 1 is 1.62 bits per heavy atom. The van der Waals surface area contributed by atoms with Crippen molar-refractivity contribution in [2.24, 2.45) is 11.8 Å². The van der Waals surface area contributed by atoms with E-state index >= 15 is 0 Å². The summed E-state index contributed by atoms with van der Waals surface area (Å²) in [6.45, 7) is 2.33. The quantitative estimate of drug-likeness (QED) is 0.442. The Morgan fingerprint density at radius 2 is 2.25 bits per heavy atom. The molecule has 3 unspecified atom stereocenters.